The van der Waals surface area contributed by atoms with Crippen molar-refractivity contribution in [2.24, 2.45) is 0 Å². The summed E-state index contributed by atoms with van der Waals surface area (Å²) < 4.78 is 23.9. The van der Waals surface area contributed by atoms with E-state index in [1.165, 1.54) is 0 Å². The summed E-state index contributed by atoms with van der Waals surface area (Å²) in [6.07, 6.45) is 0. The fourth-order valence-electron chi connectivity index (χ4n) is 1.30. The first-order chi connectivity index (χ1) is 9.34. The Hall–Kier alpha value is -0.940. The quantitative estimate of drug-likeness (QED) is 0.756. The van der Waals surface area contributed by atoms with Crippen LogP contribution in [0.5, 0.6) is 5.75 Å². The van der Waals surface area contributed by atoms with Gasteiger partial charge < -0.3 is 4.74 Å². The van der Waals surface area contributed by atoms with E-state index in [1.807, 2.05) is 54.6 Å². The van der Waals surface area contributed by atoms with E-state index in [9.17, 15) is 0 Å². The largest absolute Gasteiger partial charge is 0.489 e. The Morgan fingerprint density at radius 2 is 1.55 bits per heavy atom. The van der Waals surface area contributed by atoms with Gasteiger partial charge in [0.2, 0.25) is 0 Å². The van der Waals surface area contributed by atoms with Crippen LogP contribution >= 0.6 is 33.0 Å². The lowest BCUT2D eigenvalue weighted by Gasteiger charge is -2.05. The molecular weight excluding hydrogens is 343 g/mol. The van der Waals surface area contributed by atoms with Gasteiger partial charge in [0.05, 0.1) is 0 Å². The Labute approximate surface area is 132 Å². The highest BCUT2D eigenvalue weighted by Gasteiger charge is 1.95. The van der Waals surface area contributed by atoms with Crippen LogP contribution in [0.3, 0.4) is 0 Å². The zero-order valence-corrected chi connectivity index (χ0v) is 13.3. The number of rotatable bonds is 3. The van der Waals surface area contributed by atoms with Crippen molar-refractivity contribution in [3.05, 3.63) is 65.2 Å². The molecular formula is C13H11Cl3O3S. The smallest absolute Gasteiger partial charge is 0.317 e. The molecule has 3 nitrogen and oxygen atoms in total. The number of halogens is 3. The molecule has 20 heavy (non-hydrogen) atoms. The van der Waals surface area contributed by atoms with E-state index < -0.39 is 8.26 Å². The second-order valence-corrected chi connectivity index (χ2v) is 7.71. The molecule has 0 aliphatic rings. The van der Waals surface area contributed by atoms with E-state index in [-0.39, 0.29) is 0 Å². The standard InChI is InChI=1S/C13H11ClO.Cl2O2S/c14-12-7-4-8-13(9-12)15-10-11-5-2-1-3-6-11;1-5(2,3)4/h1-9H,10H2;. The molecule has 0 saturated carbocycles. The molecule has 0 heterocycles. The van der Waals surface area contributed by atoms with E-state index in [1.54, 1.807) is 0 Å². The van der Waals surface area contributed by atoms with E-state index in [2.05, 4.69) is 21.4 Å². The van der Waals surface area contributed by atoms with Gasteiger partial charge >= 0.3 is 8.26 Å². The van der Waals surface area contributed by atoms with Gasteiger partial charge in [-0.3, -0.25) is 0 Å². The predicted octanol–water partition coefficient (Wildman–Crippen LogP) is 4.63. The molecule has 0 aromatic heterocycles. The second-order valence-electron chi connectivity index (χ2n) is 3.61. The summed E-state index contributed by atoms with van der Waals surface area (Å²) >= 11 is 5.85. The van der Waals surface area contributed by atoms with Gasteiger partial charge in [0.1, 0.15) is 12.4 Å². The van der Waals surface area contributed by atoms with Crippen LogP contribution in [-0.2, 0) is 14.9 Å². The third kappa shape index (κ3) is 9.04. The molecule has 0 radical (unpaired) electrons. The van der Waals surface area contributed by atoms with Crippen LogP contribution in [0.1, 0.15) is 5.56 Å². The molecule has 0 fully saturated rings. The second kappa shape index (κ2) is 8.37. The minimum Gasteiger partial charge on any atom is -0.489 e. The summed E-state index contributed by atoms with van der Waals surface area (Å²) in [5.74, 6) is 0.798. The first kappa shape index (κ1) is 17.1. The lowest BCUT2D eigenvalue weighted by molar-refractivity contribution is 0.306. The van der Waals surface area contributed by atoms with Crippen LogP contribution in [0.15, 0.2) is 54.6 Å². The molecule has 2 rings (SSSR count). The van der Waals surface area contributed by atoms with Crippen LogP contribution in [0.2, 0.25) is 5.02 Å². The molecule has 0 saturated heterocycles. The lowest BCUT2D eigenvalue weighted by atomic mass is 10.2. The maximum Gasteiger partial charge on any atom is 0.317 e. The highest BCUT2D eigenvalue weighted by Crippen LogP contribution is 2.18. The van der Waals surface area contributed by atoms with Gasteiger partial charge in [-0.2, -0.15) is 8.42 Å². The van der Waals surface area contributed by atoms with Crippen molar-refractivity contribution >= 4 is 41.2 Å². The molecule has 108 valence electrons. The number of hydrogen-bond donors (Lipinski definition) is 0. The minimum atomic E-state index is -3.72. The van der Waals surface area contributed by atoms with Crippen LogP contribution in [0.25, 0.3) is 0 Å². The summed E-state index contributed by atoms with van der Waals surface area (Å²) in [5, 5.41) is 0.695. The summed E-state index contributed by atoms with van der Waals surface area (Å²) in [7, 11) is 4.81. The van der Waals surface area contributed by atoms with Crippen molar-refractivity contribution in [2.75, 3.05) is 0 Å². The Morgan fingerprint density at radius 1 is 0.950 bits per heavy atom. The zero-order chi connectivity index (χ0) is 15.0. The molecule has 7 heteroatoms. The predicted molar refractivity (Wildman–Crippen MR) is 82.9 cm³/mol. The fourth-order valence-corrected chi connectivity index (χ4v) is 1.48. The Balaban J connectivity index is 0.000000347. The molecule has 0 spiro atoms. The molecule has 0 aliphatic heterocycles. The van der Waals surface area contributed by atoms with Gasteiger partial charge in [0, 0.05) is 26.4 Å². The summed E-state index contributed by atoms with van der Waals surface area (Å²) in [6.45, 7) is 0.571. The van der Waals surface area contributed by atoms with Crippen LogP contribution in [0, 0.1) is 0 Å². The third-order valence-electron chi connectivity index (χ3n) is 2.04. The Morgan fingerprint density at radius 3 is 2.10 bits per heavy atom. The molecule has 0 aliphatic carbocycles. The van der Waals surface area contributed by atoms with Gasteiger partial charge in [0.25, 0.3) is 0 Å². The summed E-state index contributed by atoms with van der Waals surface area (Å²) in [6, 6.07) is 17.5. The van der Waals surface area contributed by atoms with E-state index >= 15 is 0 Å². The topological polar surface area (TPSA) is 43.4 Å². The first-order valence-electron chi connectivity index (χ1n) is 5.41. The average molecular weight is 354 g/mol. The van der Waals surface area contributed by atoms with Crippen molar-refractivity contribution in [2.45, 2.75) is 6.61 Å². The van der Waals surface area contributed by atoms with Gasteiger partial charge in [-0.05, 0) is 23.8 Å². The van der Waals surface area contributed by atoms with Gasteiger partial charge in [0.15, 0.2) is 0 Å². The van der Waals surface area contributed by atoms with E-state index in [0.717, 1.165) is 11.3 Å². The third-order valence-corrected chi connectivity index (χ3v) is 2.28. The highest BCUT2D eigenvalue weighted by atomic mass is 36.0. The van der Waals surface area contributed by atoms with Gasteiger partial charge in [-0.15, -0.1) is 0 Å². The van der Waals surface area contributed by atoms with Gasteiger partial charge in [-0.1, -0.05) is 48.0 Å². The molecule has 0 bridgehead atoms. The Kier molecular flexibility index (Phi) is 7.16. The molecule has 2 aromatic rings. The summed E-state index contributed by atoms with van der Waals surface area (Å²) in [5.41, 5.74) is 1.15. The van der Waals surface area contributed by atoms with Crippen LogP contribution in [0.4, 0.5) is 0 Å². The zero-order valence-electron chi connectivity index (χ0n) is 10.2. The van der Waals surface area contributed by atoms with Crippen LogP contribution in [-0.4, -0.2) is 8.42 Å². The van der Waals surface area contributed by atoms with Crippen molar-refractivity contribution in [3.63, 3.8) is 0 Å². The highest BCUT2D eigenvalue weighted by molar-refractivity contribution is 8.31. The number of benzene rings is 2. The molecule has 2 aromatic carbocycles. The maximum atomic E-state index is 9.16. The van der Waals surface area contributed by atoms with Crippen molar-refractivity contribution < 1.29 is 13.2 Å². The Bertz CT molecular complexity index is 622. The molecule has 0 atom stereocenters. The maximum absolute atomic E-state index is 9.16. The molecule has 0 unspecified atom stereocenters. The number of ether oxygens (including phenoxy) is 1. The van der Waals surface area contributed by atoms with Gasteiger partial charge in [-0.25, -0.2) is 0 Å². The first-order valence-corrected chi connectivity index (χ1v) is 8.92. The number of hydrogen-bond acceptors (Lipinski definition) is 3. The van der Waals surface area contributed by atoms with Crippen LogP contribution < -0.4 is 4.74 Å². The fraction of sp³-hybridized carbons (Fsp3) is 0.0769. The van der Waals surface area contributed by atoms with E-state index in [0.29, 0.717) is 11.6 Å². The molecule has 0 N–H and O–H groups in total. The minimum absolute atomic E-state index is 0.571. The lowest BCUT2D eigenvalue weighted by Crippen LogP contribution is -1.94. The summed E-state index contributed by atoms with van der Waals surface area (Å²) in [4.78, 5) is 0. The monoisotopic (exact) mass is 352 g/mol. The SMILES string of the molecule is Clc1cccc(OCc2ccccc2)c1.O=S(=O)(Cl)Cl. The van der Waals surface area contributed by atoms with Crippen molar-refractivity contribution in [1.82, 2.24) is 0 Å². The van der Waals surface area contributed by atoms with Crippen molar-refractivity contribution in [1.29, 1.82) is 0 Å². The molecule has 0 amide bonds. The van der Waals surface area contributed by atoms with Crippen molar-refractivity contribution in [3.8, 4) is 5.75 Å². The average Bonchev–Trinajstić information content (AvgIpc) is 2.36. The normalized spacial score (nSPS) is 10.3. The van der Waals surface area contributed by atoms with E-state index in [4.69, 9.17) is 24.8 Å².